The zero-order valence-electron chi connectivity index (χ0n) is 19.6. The molecule has 0 bridgehead atoms. The SMILES string of the molecule is O=P(Nc1ccccc1NP(=O)(c1ccccc1)c1ccccc1)(c1ccccc1)c1ccccc1. The molecule has 178 valence electrons. The van der Waals surface area contributed by atoms with Crippen molar-refractivity contribution in [3.63, 3.8) is 0 Å². The molecule has 0 aliphatic carbocycles. The van der Waals surface area contributed by atoms with Gasteiger partial charge < -0.3 is 10.2 Å². The van der Waals surface area contributed by atoms with Crippen LogP contribution in [-0.2, 0) is 9.13 Å². The highest BCUT2D eigenvalue weighted by Crippen LogP contribution is 2.49. The van der Waals surface area contributed by atoms with Crippen LogP contribution in [0.3, 0.4) is 0 Å². The third kappa shape index (κ3) is 4.79. The monoisotopic (exact) mass is 508 g/mol. The number of rotatable bonds is 8. The van der Waals surface area contributed by atoms with Gasteiger partial charge >= 0.3 is 0 Å². The zero-order valence-corrected chi connectivity index (χ0v) is 21.4. The van der Waals surface area contributed by atoms with Crippen molar-refractivity contribution in [2.24, 2.45) is 0 Å². The average molecular weight is 508 g/mol. The van der Waals surface area contributed by atoms with Crippen LogP contribution in [0.2, 0.25) is 0 Å². The lowest BCUT2D eigenvalue weighted by Gasteiger charge is -2.26. The number of benzene rings is 5. The molecule has 0 radical (unpaired) electrons. The molecule has 6 heteroatoms. The summed E-state index contributed by atoms with van der Waals surface area (Å²) in [6.07, 6.45) is 0. The van der Waals surface area contributed by atoms with Crippen molar-refractivity contribution >= 4 is 47.2 Å². The minimum Gasteiger partial charge on any atom is -0.328 e. The van der Waals surface area contributed by atoms with E-state index in [1.54, 1.807) is 0 Å². The molecule has 0 unspecified atom stereocenters. The highest BCUT2D eigenvalue weighted by atomic mass is 31.2. The van der Waals surface area contributed by atoms with Crippen LogP contribution in [0.1, 0.15) is 0 Å². The van der Waals surface area contributed by atoms with E-state index in [-0.39, 0.29) is 0 Å². The summed E-state index contributed by atoms with van der Waals surface area (Å²) >= 11 is 0. The van der Waals surface area contributed by atoms with Crippen molar-refractivity contribution in [1.29, 1.82) is 0 Å². The Hall–Kier alpha value is -3.84. The van der Waals surface area contributed by atoms with Gasteiger partial charge in [0, 0.05) is 21.2 Å². The fourth-order valence-electron chi connectivity index (χ4n) is 4.13. The molecule has 0 aliphatic rings. The van der Waals surface area contributed by atoms with Gasteiger partial charge in [0.25, 0.3) is 0 Å². The molecule has 0 amide bonds. The Bertz CT molecular complexity index is 1320. The first-order valence-electron chi connectivity index (χ1n) is 11.7. The van der Waals surface area contributed by atoms with Crippen LogP contribution >= 0.6 is 14.6 Å². The Labute approximate surface area is 211 Å². The summed E-state index contributed by atoms with van der Waals surface area (Å²) in [6.45, 7) is 0. The molecule has 0 atom stereocenters. The lowest BCUT2D eigenvalue weighted by molar-refractivity contribution is 0.589. The van der Waals surface area contributed by atoms with Crippen LogP contribution in [0.5, 0.6) is 0 Å². The number of para-hydroxylation sites is 2. The number of hydrogen-bond donors (Lipinski definition) is 2. The van der Waals surface area contributed by atoms with Crippen molar-refractivity contribution in [2.75, 3.05) is 10.2 Å². The van der Waals surface area contributed by atoms with Gasteiger partial charge in [-0.1, -0.05) is 84.9 Å². The Kier molecular flexibility index (Phi) is 6.91. The maximum atomic E-state index is 14.6. The average Bonchev–Trinajstić information content (AvgIpc) is 2.96. The lowest BCUT2D eigenvalue weighted by atomic mass is 10.3. The highest BCUT2D eigenvalue weighted by molar-refractivity contribution is 7.80. The Morgan fingerprint density at radius 1 is 0.333 bits per heavy atom. The minimum absolute atomic E-state index is 0.612. The van der Waals surface area contributed by atoms with Gasteiger partial charge in [0.1, 0.15) is 0 Å². The molecule has 5 aromatic carbocycles. The van der Waals surface area contributed by atoms with Gasteiger partial charge in [0.2, 0.25) is 14.6 Å². The lowest BCUT2D eigenvalue weighted by Crippen LogP contribution is -2.24. The van der Waals surface area contributed by atoms with E-state index in [4.69, 9.17) is 0 Å². The molecule has 5 aromatic rings. The minimum atomic E-state index is -3.26. The topological polar surface area (TPSA) is 58.2 Å². The van der Waals surface area contributed by atoms with E-state index in [1.807, 2.05) is 146 Å². The van der Waals surface area contributed by atoms with Crippen molar-refractivity contribution in [3.05, 3.63) is 146 Å². The first-order chi connectivity index (χ1) is 17.6. The standard InChI is InChI=1S/C30H26N2O2P2/c33-35(25-15-5-1-6-16-25,26-17-7-2-8-18-26)31-29-23-13-14-24-30(29)32-36(34,27-19-9-3-10-20-27)28-21-11-4-12-22-28/h1-24H,(H,31,33)(H,32,34). The normalized spacial score (nSPS) is 11.6. The Morgan fingerprint density at radius 2 is 0.556 bits per heavy atom. The first-order valence-corrected chi connectivity index (χ1v) is 15.1. The summed E-state index contributed by atoms with van der Waals surface area (Å²) in [4.78, 5) is 0. The molecule has 0 saturated carbocycles. The van der Waals surface area contributed by atoms with Gasteiger partial charge in [0.05, 0.1) is 11.4 Å². The van der Waals surface area contributed by atoms with Gasteiger partial charge in [-0.3, -0.25) is 9.13 Å². The fourth-order valence-corrected chi connectivity index (χ4v) is 8.67. The summed E-state index contributed by atoms with van der Waals surface area (Å²) < 4.78 is 29.3. The molecule has 0 aromatic heterocycles. The predicted molar refractivity (Wildman–Crippen MR) is 153 cm³/mol. The molecule has 0 saturated heterocycles. The van der Waals surface area contributed by atoms with Crippen LogP contribution in [0.25, 0.3) is 0 Å². The summed E-state index contributed by atoms with van der Waals surface area (Å²) in [6, 6.07) is 45.2. The third-order valence-electron chi connectivity index (χ3n) is 5.96. The van der Waals surface area contributed by atoms with Gasteiger partial charge in [-0.05, 0) is 60.7 Å². The van der Waals surface area contributed by atoms with E-state index in [2.05, 4.69) is 10.2 Å². The molecule has 0 heterocycles. The first kappa shape index (κ1) is 23.9. The van der Waals surface area contributed by atoms with Gasteiger partial charge in [-0.2, -0.15) is 0 Å². The molecule has 2 N–H and O–H groups in total. The van der Waals surface area contributed by atoms with Crippen LogP contribution in [0.15, 0.2) is 146 Å². The predicted octanol–water partition coefficient (Wildman–Crippen LogP) is 6.37. The quantitative estimate of drug-likeness (QED) is 0.239. The number of hydrogen-bond acceptors (Lipinski definition) is 2. The van der Waals surface area contributed by atoms with Crippen molar-refractivity contribution < 1.29 is 9.13 Å². The Morgan fingerprint density at radius 3 is 0.806 bits per heavy atom. The summed E-state index contributed by atoms with van der Waals surface area (Å²) in [7, 11) is -6.52. The van der Waals surface area contributed by atoms with Crippen molar-refractivity contribution in [2.45, 2.75) is 0 Å². The van der Waals surface area contributed by atoms with Crippen LogP contribution in [0.4, 0.5) is 11.4 Å². The fraction of sp³-hybridized carbons (Fsp3) is 0. The van der Waals surface area contributed by atoms with Crippen LogP contribution in [0, 0.1) is 0 Å². The number of anilines is 2. The second-order valence-corrected chi connectivity index (χ2v) is 13.3. The maximum Gasteiger partial charge on any atom is 0.227 e. The largest absolute Gasteiger partial charge is 0.328 e. The molecule has 0 aliphatic heterocycles. The molecule has 5 rings (SSSR count). The van der Waals surface area contributed by atoms with Crippen LogP contribution in [-0.4, -0.2) is 0 Å². The van der Waals surface area contributed by atoms with E-state index < -0.39 is 14.6 Å². The van der Waals surface area contributed by atoms with E-state index in [0.717, 1.165) is 0 Å². The summed E-state index contributed by atoms with van der Waals surface area (Å²) in [5.41, 5.74) is 1.22. The molecule has 4 nitrogen and oxygen atoms in total. The van der Waals surface area contributed by atoms with Gasteiger partial charge in [-0.25, -0.2) is 0 Å². The second kappa shape index (κ2) is 10.4. The van der Waals surface area contributed by atoms with Crippen LogP contribution < -0.4 is 31.4 Å². The molecule has 0 spiro atoms. The highest BCUT2D eigenvalue weighted by Gasteiger charge is 2.31. The van der Waals surface area contributed by atoms with E-state index >= 15 is 0 Å². The summed E-state index contributed by atoms with van der Waals surface area (Å²) in [5, 5.41) is 9.49. The van der Waals surface area contributed by atoms with Gasteiger partial charge in [0.15, 0.2) is 0 Å². The van der Waals surface area contributed by atoms with Crippen molar-refractivity contribution in [3.8, 4) is 0 Å². The van der Waals surface area contributed by atoms with Gasteiger partial charge in [-0.15, -0.1) is 0 Å². The number of nitrogens with one attached hydrogen (secondary N) is 2. The second-order valence-electron chi connectivity index (χ2n) is 8.33. The van der Waals surface area contributed by atoms with E-state index in [0.29, 0.717) is 32.6 Å². The smallest absolute Gasteiger partial charge is 0.227 e. The summed E-state index contributed by atoms with van der Waals surface area (Å²) in [5.74, 6) is 0. The Balaban J connectivity index is 1.61. The third-order valence-corrected chi connectivity index (χ3v) is 11.2. The van der Waals surface area contributed by atoms with E-state index in [1.165, 1.54) is 0 Å². The maximum absolute atomic E-state index is 14.6. The van der Waals surface area contributed by atoms with E-state index in [9.17, 15) is 9.13 Å². The molecular weight excluding hydrogens is 482 g/mol. The molecule has 0 fully saturated rings. The molecular formula is C30H26N2O2P2. The van der Waals surface area contributed by atoms with Crippen molar-refractivity contribution in [1.82, 2.24) is 0 Å². The zero-order chi connectivity index (χ0) is 24.8. The molecule has 36 heavy (non-hydrogen) atoms.